The van der Waals surface area contributed by atoms with Gasteiger partial charge in [0.15, 0.2) is 0 Å². The SMILES string of the molecule is O=C(O)CCC(NS(=O)(=O)c1cc(Br)ccc1Br)C(=O)O. The summed E-state index contributed by atoms with van der Waals surface area (Å²) in [6.07, 6.45) is -0.811. The van der Waals surface area contributed by atoms with E-state index in [1.165, 1.54) is 12.1 Å². The molecular formula is C11H11Br2NO6S. The molecule has 1 atom stereocenters. The molecule has 0 bridgehead atoms. The van der Waals surface area contributed by atoms with E-state index in [4.69, 9.17) is 10.2 Å². The number of hydrogen-bond acceptors (Lipinski definition) is 4. The minimum atomic E-state index is -4.11. The van der Waals surface area contributed by atoms with Gasteiger partial charge in [-0.1, -0.05) is 15.9 Å². The Morgan fingerprint density at radius 3 is 2.38 bits per heavy atom. The van der Waals surface area contributed by atoms with E-state index in [2.05, 4.69) is 31.9 Å². The normalized spacial score (nSPS) is 12.9. The molecule has 1 rings (SSSR count). The number of benzene rings is 1. The number of carbonyl (C=O) groups is 2. The van der Waals surface area contributed by atoms with Gasteiger partial charge in [-0.15, -0.1) is 0 Å². The molecule has 7 nitrogen and oxygen atoms in total. The van der Waals surface area contributed by atoms with Crippen molar-refractivity contribution in [3.63, 3.8) is 0 Å². The molecule has 116 valence electrons. The van der Waals surface area contributed by atoms with Gasteiger partial charge in [-0.05, 0) is 40.5 Å². The first kappa shape index (κ1) is 18.1. The number of rotatable bonds is 7. The molecule has 1 aromatic rings. The van der Waals surface area contributed by atoms with Crippen LogP contribution in [0.4, 0.5) is 0 Å². The van der Waals surface area contributed by atoms with Gasteiger partial charge < -0.3 is 10.2 Å². The van der Waals surface area contributed by atoms with Gasteiger partial charge in [-0.2, -0.15) is 4.72 Å². The number of carboxylic acid groups (broad SMARTS) is 2. The molecule has 21 heavy (non-hydrogen) atoms. The van der Waals surface area contributed by atoms with E-state index in [-0.39, 0.29) is 15.8 Å². The van der Waals surface area contributed by atoms with E-state index in [1.807, 2.05) is 4.72 Å². The Morgan fingerprint density at radius 2 is 1.86 bits per heavy atom. The molecule has 1 unspecified atom stereocenters. The van der Waals surface area contributed by atoms with Crippen LogP contribution in [-0.2, 0) is 19.6 Å². The van der Waals surface area contributed by atoms with Crippen LogP contribution in [0, 0.1) is 0 Å². The van der Waals surface area contributed by atoms with Crippen LogP contribution in [0.1, 0.15) is 12.8 Å². The predicted octanol–water partition coefficient (Wildman–Crippen LogP) is 1.81. The Balaban J connectivity index is 3.03. The Labute approximate surface area is 137 Å². The molecule has 10 heteroatoms. The van der Waals surface area contributed by atoms with Crippen molar-refractivity contribution in [1.29, 1.82) is 0 Å². The van der Waals surface area contributed by atoms with Gasteiger partial charge in [0.25, 0.3) is 0 Å². The third-order valence-corrected chi connectivity index (χ3v) is 5.38. The highest BCUT2D eigenvalue weighted by Gasteiger charge is 2.27. The van der Waals surface area contributed by atoms with Crippen LogP contribution in [0.5, 0.6) is 0 Å². The molecular weight excluding hydrogens is 434 g/mol. The minimum absolute atomic E-state index is 0.140. The van der Waals surface area contributed by atoms with E-state index < -0.39 is 34.4 Å². The zero-order chi connectivity index (χ0) is 16.2. The number of sulfonamides is 1. The number of hydrogen-bond donors (Lipinski definition) is 3. The molecule has 0 aliphatic heterocycles. The summed E-state index contributed by atoms with van der Waals surface area (Å²) in [5.74, 6) is -2.64. The molecule has 0 amide bonds. The minimum Gasteiger partial charge on any atom is -0.481 e. The summed E-state index contributed by atoms with van der Waals surface area (Å²) in [6, 6.07) is 2.90. The molecule has 0 radical (unpaired) electrons. The first-order valence-electron chi connectivity index (χ1n) is 5.55. The van der Waals surface area contributed by atoms with Gasteiger partial charge in [0.2, 0.25) is 10.0 Å². The number of carboxylic acids is 2. The molecule has 0 spiro atoms. The lowest BCUT2D eigenvalue weighted by Crippen LogP contribution is -2.41. The van der Waals surface area contributed by atoms with Crippen molar-refractivity contribution in [1.82, 2.24) is 4.72 Å². The van der Waals surface area contributed by atoms with Gasteiger partial charge in [0, 0.05) is 15.4 Å². The fourth-order valence-electron chi connectivity index (χ4n) is 1.43. The van der Waals surface area contributed by atoms with E-state index in [9.17, 15) is 18.0 Å². The molecule has 0 aliphatic rings. The summed E-state index contributed by atoms with van der Waals surface area (Å²) in [7, 11) is -4.11. The predicted molar refractivity (Wildman–Crippen MR) is 80.5 cm³/mol. The van der Waals surface area contributed by atoms with Crippen molar-refractivity contribution in [3.05, 3.63) is 27.1 Å². The van der Waals surface area contributed by atoms with E-state index in [1.54, 1.807) is 6.07 Å². The van der Waals surface area contributed by atoms with Crippen LogP contribution in [0.25, 0.3) is 0 Å². The van der Waals surface area contributed by atoms with Crippen molar-refractivity contribution in [2.45, 2.75) is 23.8 Å². The molecule has 0 saturated heterocycles. The third kappa shape index (κ3) is 5.38. The van der Waals surface area contributed by atoms with Gasteiger partial charge >= 0.3 is 11.9 Å². The number of halogens is 2. The highest BCUT2D eigenvalue weighted by Crippen LogP contribution is 2.25. The second kappa shape index (κ2) is 7.34. The largest absolute Gasteiger partial charge is 0.481 e. The fourth-order valence-corrected chi connectivity index (χ4v) is 4.16. The van der Waals surface area contributed by atoms with Gasteiger partial charge in [0.1, 0.15) is 6.04 Å². The Bertz CT molecular complexity index is 661. The summed E-state index contributed by atoms with van der Waals surface area (Å²) in [5, 5.41) is 17.5. The smallest absolute Gasteiger partial charge is 0.321 e. The Hall–Kier alpha value is -0.970. The molecule has 0 fully saturated rings. The molecule has 0 saturated carbocycles. The Morgan fingerprint density at radius 1 is 1.24 bits per heavy atom. The first-order chi connectivity index (χ1) is 9.63. The summed E-state index contributed by atoms with van der Waals surface area (Å²) in [5.41, 5.74) is 0. The average molecular weight is 445 g/mol. The average Bonchev–Trinajstić information content (AvgIpc) is 2.36. The lowest BCUT2D eigenvalue weighted by molar-refractivity contribution is -0.140. The monoisotopic (exact) mass is 443 g/mol. The molecule has 0 aliphatic carbocycles. The molecule has 0 aromatic heterocycles. The number of aliphatic carboxylic acids is 2. The van der Waals surface area contributed by atoms with Crippen LogP contribution >= 0.6 is 31.9 Å². The molecule has 0 heterocycles. The maximum Gasteiger partial charge on any atom is 0.321 e. The standard InChI is InChI=1S/C11H11Br2NO6S/c12-6-1-2-7(13)9(5-6)21(19,20)14-8(11(17)18)3-4-10(15)16/h1-2,5,8,14H,3-4H2,(H,15,16)(H,17,18). The lowest BCUT2D eigenvalue weighted by atomic mass is 10.2. The van der Waals surface area contributed by atoms with Crippen LogP contribution in [-0.4, -0.2) is 36.6 Å². The zero-order valence-corrected chi connectivity index (χ0v) is 14.4. The van der Waals surface area contributed by atoms with Crippen LogP contribution in [0.2, 0.25) is 0 Å². The van der Waals surface area contributed by atoms with E-state index >= 15 is 0 Å². The third-order valence-electron chi connectivity index (χ3n) is 2.43. The maximum atomic E-state index is 12.2. The molecule has 1 aromatic carbocycles. The van der Waals surface area contributed by atoms with Crippen LogP contribution < -0.4 is 4.72 Å². The highest BCUT2D eigenvalue weighted by molar-refractivity contribution is 9.11. The van der Waals surface area contributed by atoms with Crippen molar-refractivity contribution in [2.24, 2.45) is 0 Å². The van der Waals surface area contributed by atoms with Crippen molar-refractivity contribution in [3.8, 4) is 0 Å². The second-order valence-corrected chi connectivity index (χ2v) is 7.47. The van der Waals surface area contributed by atoms with E-state index in [0.717, 1.165) is 0 Å². The van der Waals surface area contributed by atoms with E-state index in [0.29, 0.717) is 4.47 Å². The fraction of sp³-hybridized carbons (Fsp3) is 0.273. The first-order valence-corrected chi connectivity index (χ1v) is 8.62. The maximum absolute atomic E-state index is 12.2. The number of nitrogens with one attached hydrogen (secondary N) is 1. The quantitative estimate of drug-likeness (QED) is 0.589. The summed E-state index contributed by atoms with van der Waals surface area (Å²) in [6.45, 7) is 0. The van der Waals surface area contributed by atoms with Gasteiger partial charge in [-0.3, -0.25) is 9.59 Å². The van der Waals surface area contributed by atoms with Gasteiger partial charge in [-0.25, -0.2) is 8.42 Å². The highest BCUT2D eigenvalue weighted by atomic mass is 79.9. The van der Waals surface area contributed by atoms with Crippen molar-refractivity contribution < 1.29 is 28.2 Å². The topological polar surface area (TPSA) is 121 Å². The second-order valence-electron chi connectivity index (χ2n) is 4.02. The molecule has 3 N–H and O–H groups in total. The van der Waals surface area contributed by atoms with Crippen LogP contribution in [0.3, 0.4) is 0 Å². The summed E-state index contributed by atoms with van der Waals surface area (Å²) < 4.78 is 27.1. The van der Waals surface area contributed by atoms with Crippen molar-refractivity contribution in [2.75, 3.05) is 0 Å². The van der Waals surface area contributed by atoms with Crippen molar-refractivity contribution >= 4 is 53.8 Å². The summed E-state index contributed by atoms with van der Waals surface area (Å²) >= 11 is 6.20. The lowest BCUT2D eigenvalue weighted by Gasteiger charge is -2.15. The Kier molecular flexibility index (Phi) is 6.32. The van der Waals surface area contributed by atoms with Crippen LogP contribution in [0.15, 0.2) is 32.0 Å². The zero-order valence-electron chi connectivity index (χ0n) is 10.4. The van der Waals surface area contributed by atoms with Gasteiger partial charge in [0.05, 0.1) is 4.90 Å². The summed E-state index contributed by atoms with van der Waals surface area (Å²) in [4.78, 5) is 21.4.